The van der Waals surface area contributed by atoms with Crippen LogP contribution in [0, 0.1) is 5.92 Å². The molecule has 0 N–H and O–H groups in total. The van der Waals surface area contributed by atoms with Crippen LogP contribution in [-0.4, -0.2) is 0 Å². The van der Waals surface area contributed by atoms with E-state index in [2.05, 4.69) is 26.0 Å². The van der Waals surface area contributed by atoms with Crippen LogP contribution in [0.5, 0.6) is 0 Å². The molecule has 0 aromatic carbocycles. The second-order valence-electron chi connectivity index (χ2n) is 3.21. The standard InChI is InChI=1S/C9H13.Hf.2HI/c1-8(2)7-9-5-3-4-6-9;;;/h3,5,8H,4,7H2,1-2H3;;2*1H/q;+2;;/p-2. The molecular weight excluding hydrogens is 540 g/mol. The number of hydrogen-bond acceptors (Lipinski definition) is 0. The van der Waals surface area contributed by atoms with Crippen molar-refractivity contribution in [1.82, 2.24) is 0 Å². The molecule has 0 aromatic heterocycles. The molecule has 1 rings (SSSR count). The average molecular weight is 554 g/mol. The summed E-state index contributed by atoms with van der Waals surface area (Å²) in [4.78, 5) is 0. The van der Waals surface area contributed by atoms with Gasteiger partial charge in [-0.25, -0.2) is 0 Å². The summed E-state index contributed by atoms with van der Waals surface area (Å²) >= 11 is 1.26. The maximum atomic E-state index is 2.31. The van der Waals surface area contributed by atoms with Gasteiger partial charge in [-0.3, -0.25) is 0 Å². The van der Waals surface area contributed by atoms with E-state index >= 15 is 0 Å². The van der Waals surface area contributed by atoms with Gasteiger partial charge in [0.05, 0.1) is 0 Å². The second-order valence-corrected chi connectivity index (χ2v) is 5.38. The summed E-state index contributed by atoms with van der Waals surface area (Å²) < 4.78 is 1.70. The van der Waals surface area contributed by atoms with Gasteiger partial charge in [-0.1, -0.05) is 0 Å². The van der Waals surface area contributed by atoms with Gasteiger partial charge in [0.15, 0.2) is 0 Å². The molecule has 0 heterocycles. The molecule has 0 aliphatic heterocycles. The molecule has 0 nitrogen and oxygen atoms in total. The summed E-state index contributed by atoms with van der Waals surface area (Å²) in [5, 5.41) is 0. The summed E-state index contributed by atoms with van der Waals surface area (Å²) in [6.07, 6.45) is 7.13. The molecule has 0 saturated carbocycles. The first kappa shape index (κ1) is 16.2. The van der Waals surface area contributed by atoms with Crippen LogP contribution in [0.25, 0.3) is 0 Å². The molecular formula is C9H13HfI2. The molecule has 12 heavy (non-hydrogen) atoms. The normalized spacial score (nSPS) is 14.8. The topological polar surface area (TPSA) is 0 Å². The molecule has 0 aromatic rings. The first-order valence-electron chi connectivity index (χ1n) is 3.80. The van der Waals surface area contributed by atoms with Gasteiger partial charge in [-0.2, -0.15) is 0 Å². The number of allylic oxidation sites excluding steroid dienone is 4. The minimum absolute atomic E-state index is 0. The predicted molar refractivity (Wildman–Crippen MR) is 40.2 cm³/mol. The number of halogens is 2. The summed E-state index contributed by atoms with van der Waals surface area (Å²) in [5.74, 6) is 0.821. The van der Waals surface area contributed by atoms with Crippen LogP contribution in [0.15, 0.2) is 21.1 Å². The fraction of sp³-hybridized carbons (Fsp3) is 0.556. The zero-order chi connectivity index (χ0) is 7.56. The first-order valence-corrected chi connectivity index (χ1v) is 5.60. The molecule has 0 saturated heterocycles. The zero-order valence-corrected chi connectivity index (χ0v) is 15.3. The van der Waals surface area contributed by atoms with Crippen molar-refractivity contribution < 1.29 is 72.3 Å². The van der Waals surface area contributed by atoms with Crippen molar-refractivity contribution in [2.24, 2.45) is 5.92 Å². The Morgan fingerprint density at radius 2 is 2.00 bits per heavy atom. The van der Waals surface area contributed by atoms with Crippen molar-refractivity contribution in [3.05, 3.63) is 21.1 Å². The van der Waals surface area contributed by atoms with E-state index in [0.29, 0.717) is 0 Å². The fourth-order valence-corrected chi connectivity index (χ4v) is 2.27. The predicted octanol–water partition coefficient (Wildman–Crippen LogP) is -3.20. The van der Waals surface area contributed by atoms with Crippen LogP contribution < -0.4 is 48.0 Å². The molecule has 0 atom stereocenters. The molecule has 0 amide bonds. The van der Waals surface area contributed by atoms with Crippen molar-refractivity contribution in [2.45, 2.75) is 26.7 Å². The SMILES string of the molecule is CC(C)CC1=[C]([Hf+2])CC=C1.[I-].[I-]. The Morgan fingerprint density at radius 3 is 2.33 bits per heavy atom. The molecule has 1 aliphatic carbocycles. The van der Waals surface area contributed by atoms with E-state index in [1.165, 1.54) is 37.2 Å². The Labute approximate surface area is 124 Å². The summed E-state index contributed by atoms with van der Waals surface area (Å²) in [7, 11) is 0. The minimum atomic E-state index is 0. The molecule has 0 spiro atoms. The van der Waals surface area contributed by atoms with Crippen LogP contribution in [0.1, 0.15) is 26.7 Å². The van der Waals surface area contributed by atoms with Crippen LogP contribution in [0.3, 0.4) is 0 Å². The molecule has 0 radical (unpaired) electrons. The van der Waals surface area contributed by atoms with E-state index < -0.39 is 0 Å². The van der Waals surface area contributed by atoms with E-state index in [-0.39, 0.29) is 48.0 Å². The smallest absolute Gasteiger partial charge is 1.00 e. The van der Waals surface area contributed by atoms with Crippen molar-refractivity contribution >= 4 is 0 Å². The van der Waals surface area contributed by atoms with Crippen molar-refractivity contribution in [1.29, 1.82) is 0 Å². The van der Waals surface area contributed by atoms with Crippen LogP contribution >= 0.6 is 0 Å². The van der Waals surface area contributed by atoms with Crippen LogP contribution in [0.4, 0.5) is 0 Å². The third-order valence-electron chi connectivity index (χ3n) is 1.66. The van der Waals surface area contributed by atoms with E-state index in [0.717, 1.165) is 5.92 Å². The third kappa shape index (κ3) is 5.52. The first-order chi connectivity index (χ1) is 4.70. The maximum absolute atomic E-state index is 2.31. The Balaban J connectivity index is 0. The van der Waals surface area contributed by atoms with Crippen LogP contribution in [0.2, 0.25) is 0 Å². The largest absolute Gasteiger partial charge is 1.00 e. The number of hydrogen-bond donors (Lipinski definition) is 0. The Bertz CT molecular complexity index is 183. The summed E-state index contributed by atoms with van der Waals surface area (Å²) in [6.45, 7) is 4.57. The molecule has 0 fully saturated rings. The zero-order valence-electron chi connectivity index (χ0n) is 7.40. The number of rotatable bonds is 2. The third-order valence-corrected chi connectivity index (χ3v) is 3.54. The van der Waals surface area contributed by atoms with Gasteiger partial charge >= 0.3 is 78.0 Å². The van der Waals surface area contributed by atoms with Crippen LogP contribution in [-0.2, 0) is 24.4 Å². The maximum Gasteiger partial charge on any atom is -1.00 e. The van der Waals surface area contributed by atoms with Gasteiger partial charge in [0.25, 0.3) is 0 Å². The van der Waals surface area contributed by atoms with Gasteiger partial charge in [-0.05, 0) is 0 Å². The van der Waals surface area contributed by atoms with E-state index in [9.17, 15) is 0 Å². The van der Waals surface area contributed by atoms with Gasteiger partial charge in [0.2, 0.25) is 0 Å². The van der Waals surface area contributed by atoms with E-state index in [1.54, 1.807) is 8.90 Å². The Morgan fingerprint density at radius 1 is 1.42 bits per heavy atom. The average Bonchev–Trinajstić information content (AvgIpc) is 2.15. The Kier molecular flexibility index (Phi) is 11.0. The van der Waals surface area contributed by atoms with Crippen molar-refractivity contribution in [3.8, 4) is 0 Å². The van der Waals surface area contributed by atoms with Gasteiger partial charge in [0, 0.05) is 0 Å². The quantitative estimate of drug-likeness (QED) is 0.250. The van der Waals surface area contributed by atoms with Gasteiger partial charge in [-0.15, -0.1) is 0 Å². The van der Waals surface area contributed by atoms with E-state index in [4.69, 9.17) is 0 Å². The minimum Gasteiger partial charge on any atom is -1.00 e. The molecule has 0 unspecified atom stereocenters. The summed E-state index contributed by atoms with van der Waals surface area (Å²) in [6, 6.07) is 0. The monoisotopic (exact) mass is 555 g/mol. The summed E-state index contributed by atoms with van der Waals surface area (Å²) in [5.41, 5.74) is 1.63. The van der Waals surface area contributed by atoms with E-state index in [1.807, 2.05) is 0 Å². The van der Waals surface area contributed by atoms with Gasteiger partial charge < -0.3 is 48.0 Å². The molecule has 1 aliphatic rings. The van der Waals surface area contributed by atoms with Gasteiger partial charge in [0.1, 0.15) is 0 Å². The fourth-order valence-electron chi connectivity index (χ4n) is 1.18. The second kappa shape index (κ2) is 8.15. The molecule has 67 valence electrons. The molecule has 0 bridgehead atoms. The molecule has 3 heteroatoms. The van der Waals surface area contributed by atoms with Crippen molar-refractivity contribution in [3.63, 3.8) is 0 Å². The van der Waals surface area contributed by atoms with Crippen molar-refractivity contribution in [2.75, 3.05) is 0 Å². The Hall–Kier alpha value is 1.81.